The Kier molecular flexibility index (Phi) is 5.61. The normalized spacial score (nSPS) is 12.2. The predicted octanol–water partition coefficient (Wildman–Crippen LogP) is 2.12. The fraction of sp³-hybridized carbons (Fsp3) is 0.429. The van der Waals surface area contributed by atoms with Crippen molar-refractivity contribution in [3.05, 3.63) is 35.4 Å². The molecule has 1 aromatic carbocycles. The fourth-order valence-electron chi connectivity index (χ4n) is 1.80. The zero-order valence-corrected chi connectivity index (χ0v) is 11.3. The number of nitrogens with one attached hydrogen (secondary N) is 1. The van der Waals surface area contributed by atoms with Gasteiger partial charge in [0.25, 0.3) is 0 Å². The maximum absolute atomic E-state index is 13.4. The van der Waals surface area contributed by atoms with E-state index in [1.54, 1.807) is 0 Å². The first-order valence-corrected chi connectivity index (χ1v) is 6.26. The summed E-state index contributed by atoms with van der Waals surface area (Å²) in [5, 5.41) is 11.3. The van der Waals surface area contributed by atoms with E-state index in [4.69, 9.17) is 5.11 Å². The molecule has 0 spiro atoms. The molecule has 0 aromatic heterocycles. The summed E-state index contributed by atoms with van der Waals surface area (Å²) in [6.45, 7) is 3.64. The molecule has 1 amide bonds. The minimum Gasteiger partial charge on any atom is -0.480 e. The minimum atomic E-state index is -1.17. The Hall–Kier alpha value is -1.98. The Bertz CT molecular complexity index is 483. The number of carbonyl (C=O) groups excluding carboxylic acids is 1. The number of amides is 1. The summed E-state index contributed by atoms with van der Waals surface area (Å²) in [5.41, 5.74) is -0.362. The van der Waals surface area contributed by atoms with Crippen LogP contribution in [-0.2, 0) is 16.0 Å². The van der Waals surface area contributed by atoms with E-state index in [-0.39, 0.29) is 17.9 Å². The van der Waals surface area contributed by atoms with Crippen molar-refractivity contribution < 1.29 is 23.5 Å². The Labute approximate surface area is 115 Å². The van der Waals surface area contributed by atoms with Gasteiger partial charge in [-0.15, -0.1) is 0 Å². The van der Waals surface area contributed by atoms with Gasteiger partial charge in [-0.3, -0.25) is 4.79 Å². The van der Waals surface area contributed by atoms with Crippen molar-refractivity contribution >= 4 is 11.9 Å². The van der Waals surface area contributed by atoms with Crippen LogP contribution in [0.4, 0.5) is 8.78 Å². The van der Waals surface area contributed by atoms with Crippen molar-refractivity contribution in [3.8, 4) is 0 Å². The molecule has 0 aliphatic heterocycles. The molecule has 2 N–H and O–H groups in total. The smallest absolute Gasteiger partial charge is 0.326 e. The lowest BCUT2D eigenvalue weighted by Crippen LogP contribution is -2.42. The monoisotopic (exact) mass is 285 g/mol. The fourth-order valence-corrected chi connectivity index (χ4v) is 1.80. The van der Waals surface area contributed by atoms with Gasteiger partial charge >= 0.3 is 5.97 Å². The maximum atomic E-state index is 13.4. The summed E-state index contributed by atoms with van der Waals surface area (Å²) < 4.78 is 26.8. The molecule has 110 valence electrons. The Morgan fingerprint density at radius 2 is 1.80 bits per heavy atom. The van der Waals surface area contributed by atoms with Crippen LogP contribution in [0.3, 0.4) is 0 Å². The summed E-state index contributed by atoms with van der Waals surface area (Å²) in [5.74, 6) is -3.46. The highest BCUT2D eigenvalue weighted by Crippen LogP contribution is 2.13. The SMILES string of the molecule is CC(C)C[C@@H](NC(=O)Cc1c(F)cccc1F)C(=O)O. The Balaban J connectivity index is 2.73. The van der Waals surface area contributed by atoms with Crippen molar-refractivity contribution in [2.75, 3.05) is 0 Å². The van der Waals surface area contributed by atoms with Crippen LogP contribution >= 0.6 is 0 Å². The Morgan fingerprint density at radius 3 is 2.25 bits per heavy atom. The summed E-state index contributed by atoms with van der Waals surface area (Å²) in [4.78, 5) is 22.7. The first-order valence-electron chi connectivity index (χ1n) is 6.26. The Morgan fingerprint density at radius 1 is 1.25 bits per heavy atom. The van der Waals surface area contributed by atoms with Gasteiger partial charge in [0.05, 0.1) is 6.42 Å². The average molecular weight is 285 g/mol. The third kappa shape index (κ3) is 4.60. The molecule has 0 aliphatic rings. The van der Waals surface area contributed by atoms with Crippen molar-refractivity contribution in [2.24, 2.45) is 5.92 Å². The molecule has 0 saturated heterocycles. The molecule has 20 heavy (non-hydrogen) atoms. The number of hydrogen-bond acceptors (Lipinski definition) is 2. The lowest BCUT2D eigenvalue weighted by atomic mass is 10.0. The van der Waals surface area contributed by atoms with Gasteiger partial charge < -0.3 is 10.4 Å². The summed E-state index contributed by atoms with van der Waals surface area (Å²) in [7, 11) is 0. The molecule has 6 heteroatoms. The van der Waals surface area contributed by atoms with Gasteiger partial charge in [0.2, 0.25) is 5.91 Å². The lowest BCUT2D eigenvalue weighted by molar-refractivity contribution is -0.142. The number of aliphatic carboxylic acids is 1. The van der Waals surface area contributed by atoms with E-state index in [0.717, 1.165) is 12.1 Å². The van der Waals surface area contributed by atoms with E-state index in [2.05, 4.69) is 5.32 Å². The third-order valence-electron chi connectivity index (χ3n) is 2.74. The van der Waals surface area contributed by atoms with Crippen LogP contribution in [0.5, 0.6) is 0 Å². The summed E-state index contributed by atoms with van der Waals surface area (Å²) in [6.07, 6.45) is -0.277. The second-order valence-corrected chi connectivity index (χ2v) is 4.96. The van der Waals surface area contributed by atoms with Crippen molar-refractivity contribution in [3.63, 3.8) is 0 Å². The zero-order chi connectivity index (χ0) is 15.3. The molecular weight excluding hydrogens is 268 g/mol. The van der Waals surface area contributed by atoms with Crippen LogP contribution in [0.1, 0.15) is 25.8 Å². The largest absolute Gasteiger partial charge is 0.480 e. The standard InChI is InChI=1S/C14H17F2NO3/c1-8(2)6-12(14(19)20)17-13(18)7-9-10(15)4-3-5-11(9)16/h3-5,8,12H,6-7H2,1-2H3,(H,17,18)(H,19,20)/t12-/m1/s1. The van der Waals surface area contributed by atoms with Crippen molar-refractivity contribution in [1.29, 1.82) is 0 Å². The zero-order valence-electron chi connectivity index (χ0n) is 11.3. The minimum absolute atomic E-state index is 0.0709. The number of benzene rings is 1. The molecular formula is C14H17F2NO3. The number of carbonyl (C=O) groups is 2. The van der Waals surface area contributed by atoms with Gasteiger partial charge in [0.15, 0.2) is 0 Å². The van der Waals surface area contributed by atoms with Gasteiger partial charge in [-0.2, -0.15) is 0 Å². The molecule has 1 aromatic rings. The molecule has 1 atom stereocenters. The molecule has 1 rings (SSSR count). The highest BCUT2D eigenvalue weighted by Gasteiger charge is 2.22. The van der Waals surface area contributed by atoms with Crippen LogP contribution in [-0.4, -0.2) is 23.0 Å². The number of carboxylic acids is 1. The van der Waals surface area contributed by atoms with Crippen LogP contribution < -0.4 is 5.32 Å². The lowest BCUT2D eigenvalue weighted by Gasteiger charge is -2.16. The van der Waals surface area contributed by atoms with Gasteiger partial charge in [0, 0.05) is 5.56 Å². The molecule has 0 bridgehead atoms. The van der Waals surface area contributed by atoms with E-state index in [1.165, 1.54) is 6.07 Å². The van der Waals surface area contributed by atoms with Crippen LogP contribution in [0.15, 0.2) is 18.2 Å². The highest BCUT2D eigenvalue weighted by molar-refractivity contribution is 5.84. The van der Waals surface area contributed by atoms with Gasteiger partial charge in [0.1, 0.15) is 17.7 Å². The van der Waals surface area contributed by atoms with Crippen LogP contribution in [0, 0.1) is 17.6 Å². The number of hydrogen-bond donors (Lipinski definition) is 2. The molecule has 0 saturated carbocycles. The van der Waals surface area contributed by atoms with Crippen LogP contribution in [0.25, 0.3) is 0 Å². The average Bonchev–Trinajstić information content (AvgIpc) is 2.32. The van der Waals surface area contributed by atoms with Crippen molar-refractivity contribution in [2.45, 2.75) is 32.7 Å². The third-order valence-corrected chi connectivity index (χ3v) is 2.74. The van der Waals surface area contributed by atoms with E-state index in [9.17, 15) is 18.4 Å². The number of carboxylic acid groups (broad SMARTS) is 1. The van der Waals surface area contributed by atoms with E-state index >= 15 is 0 Å². The van der Waals surface area contributed by atoms with E-state index in [1.807, 2.05) is 13.8 Å². The second kappa shape index (κ2) is 6.98. The van der Waals surface area contributed by atoms with Gasteiger partial charge in [-0.1, -0.05) is 19.9 Å². The topological polar surface area (TPSA) is 66.4 Å². The van der Waals surface area contributed by atoms with Crippen molar-refractivity contribution in [1.82, 2.24) is 5.32 Å². The van der Waals surface area contributed by atoms with Crippen LogP contribution in [0.2, 0.25) is 0 Å². The van der Waals surface area contributed by atoms with E-state index in [0.29, 0.717) is 0 Å². The predicted molar refractivity (Wildman–Crippen MR) is 69.1 cm³/mol. The molecule has 0 heterocycles. The molecule has 0 fully saturated rings. The summed E-state index contributed by atoms with van der Waals surface area (Å²) >= 11 is 0. The quantitative estimate of drug-likeness (QED) is 0.841. The summed E-state index contributed by atoms with van der Waals surface area (Å²) in [6, 6.07) is 2.24. The molecule has 4 nitrogen and oxygen atoms in total. The molecule has 0 aliphatic carbocycles. The first kappa shape index (κ1) is 16.1. The highest BCUT2D eigenvalue weighted by atomic mass is 19.1. The second-order valence-electron chi connectivity index (χ2n) is 4.96. The molecule has 0 radical (unpaired) electrons. The van der Waals surface area contributed by atoms with E-state index < -0.39 is 36.0 Å². The van der Waals surface area contributed by atoms with Gasteiger partial charge in [-0.05, 0) is 24.5 Å². The molecule has 0 unspecified atom stereocenters. The number of halogens is 2. The maximum Gasteiger partial charge on any atom is 0.326 e. The van der Waals surface area contributed by atoms with Gasteiger partial charge in [-0.25, -0.2) is 13.6 Å². The number of rotatable bonds is 6. The first-order chi connectivity index (χ1) is 9.31.